The van der Waals surface area contributed by atoms with Gasteiger partial charge in [0, 0.05) is 17.1 Å². The highest BCUT2D eigenvalue weighted by molar-refractivity contribution is 6.31. The lowest BCUT2D eigenvalue weighted by Crippen LogP contribution is -2.59. The van der Waals surface area contributed by atoms with Crippen molar-refractivity contribution in [3.8, 4) is 0 Å². The fourth-order valence-corrected chi connectivity index (χ4v) is 3.85. The topological polar surface area (TPSA) is 62.4 Å². The molecule has 0 bridgehead atoms. The molecule has 112 valence electrons. The summed E-state index contributed by atoms with van der Waals surface area (Å²) in [5.41, 5.74) is 0.821. The van der Waals surface area contributed by atoms with Crippen molar-refractivity contribution in [2.45, 2.75) is 30.5 Å². The van der Waals surface area contributed by atoms with Crippen molar-refractivity contribution in [2.75, 3.05) is 25.0 Å². The number of nitrogens with one attached hydrogen (secondary N) is 3. The molecular weight excluding hydrogens is 290 g/mol. The minimum atomic E-state index is -0.491. The van der Waals surface area contributed by atoms with E-state index in [1.165, 1.54) is 0 Å². The van der Waals surface area contributed by atoms with Crippen molar-refractivity contribution >= 4 is 23.2 Å². The van der Waals surface area contributed by atoms with Gasteiger partial charge in [0.05, 0.1) is 17.8 Å². The number of rotatable bonds is 0. The molecule has 0 aromatic heterocycles. The summed E-state index contributed by atoms with van der Waals surface area (Å²) in [5, 5.41) is 10.5. The maximum absolute atomic E-state index is 12.4. The zero-order valence-electron chi connectivity index (χ0n) is 11.7. The molecule has 4 rings (SSSR count). The molecule has 3 N–H and O–H groups in total. The third-order valence-corrected chi connectivity index (χ3v) is 4.95. The van der Waals surface area contributed by atoms with Gasteiger partial charge >= 0.3 is 0 Å². The number of hydrogen-bond donors (Lipinski definition) is 3. The van der Waals surface area contributed by atoms with Gasteiger partial charge in [0.1, 0.15) is 5.66 Å². The van der Waals surface area contributed by atoms with Crippen molar-refractivity contribution in [1.82, 2.24) is 10.6 Å². The lowest BCUT2D eigenvalue weighted by atomic mass is 9.85. The van der Waals surface area contributed by atoms with E-state index in [0.717, 1.165) is 38.0 Å². The molecule has 1 atom stereocenters. The molecule has 2 fully saturated rings. The van der Waals surface area contributed by atoms with Gasteiger partial charge in [0.15, 0.2) is 0 Å². The number of amides is 1. The fraction of sp³-hybridized carbons (Fsp3) is 0.533. The van der Waals surface area contributed by atoms with Crippen molar-refractivity contribution in [2.24, 2.45) is 0 Å². The predicted octanol–water partition coefficient (Wildman–Crippen LogP) is 1.73. The quantitative estimate of drug-likeness (QED) is 0.683. The SMILES string of the molecule is O=C1N[C@@]2(COC3(CCNCC3)C2)Nc2ccc(Cl)cc21. The van der Waals surface area contributed by atoms with E-state index >= 15 is 0 Å². The van der Waals surface area contributed by atoms with E-state index in [1.807, 2.05) is 6.07 Å². The summed E-state index contributed by atoms with van der Waals surface area (Å²) >= 11 is 5.97. The normalized spacial score (nSPS) is 30.0. The molecule has 0 saturated carbocycles. The monoisotopic (exact) mass is 307 g/mol. The second kappa shape index (κ2) is 4.60. The van der Waals surface area contributed by atoms with Gasteiger partial charge in [-0.05, 0) is 44.1 Å². The molecule has 1 aromatic rings. The van der Waals surface area contributed by atoms with E-state index in [9.17, 15) is 4.79 Å². The Morgan fingerprint density at radius 1 is 1.19 bits per heavy atom. The number of fused-ring (bicyclic) bond motifs is 1. The second-order valence-corrected chi connectivity index (χ2v) is 6.69. The van der Waals surface area contributed by atoms with E-state index in [4.69, 9.17) is 16.3 Å². The average molecular weight is 308 g/mol. The molecule has 1 aromatic carbocycles. The molecule has 3 aliphatic rings. The predicted molar refractivity (Wildman–Crippen MR) is 80.7 cm³/mol. The molecule has 3 aliphatic heterocycles. The second-order valence-electron chi connectivity index (χ2n) is 6.25. The van der Waals surface area contributed by atoms with Crippen LogP contribution in [0.15, 0.2) is 18.2 Å². The first-order chi connectivity index (χ1) is 10.1. The molecule has 0 aliphatic carbocycles. The van der Waals surface area contributed by atoms with Crippen LogP contribution in [0.5, 0.6) is 0 Å². The van der Waals surface area contributed by atoms with Crippen LogP contribution in [-0.4, -0.2) is 36.9 Å². The molecule has 1 amide bonds. The first-order valence-electron chi connectivity index (χ1n) is 7.35. The summed E-state index contributed by atoms with van der Waals surface area (Å²) < 4.78 is 6.12. The summed E-state index contributed by atoms with van der Waals surface area (Å²) in [6.45, 7) is 2.44. The number of benzene rings is 1. The first kappa shape index (κ1) is 13.4. The molecule has 5 nitrogen and oxygen atoms in total. The fourth-order valence-electron chi connectivity index (χ4n) is 3.68. The molecule has 2 saturated heterocycles. The van der Waals surface area contributed by atoms with E-state index in [-0.39, 0.29) is 11.5 Å². The smallest absolute Gasteiger partial charge is 0.255 e. The van der Waals surface area contributed by atoms with Crippen molar-refractivity contribution in [1.29, 1.82) is 0 Å². The number of ether oxygens (including phenoxy) is 1. The lowest BCUT2D eigenvalue weighted by molar-refractivity contribution is -0.0200. The van der Waals surface area contributed by atoms with Gasteiger partial charge in [0.25, 0.3) is 5.91 Å². The van der Waals surface area contributed by atoms with Crippen molar-refractivity contribution in [3.63, 3.8) is 0 Å². The van der Waals surface area contributed by atoms with Gasteiger partial charge in [-0.15, -0.1) is 0 Å². The van der Waals surface area contributed by atoms with Crippen LogP contribution in [0.2, 0.25) is 5.02 Å². The third kappa shape index (κ3) is 2.20. The van der Waals surface area contributed by atoms with E-state index in [2.05, 4.69) is 16.0 Å². The van der Waals surface area contributed by atoms with E-state index in [0.29, 0.717) is 17.2 Å². The average Bonchev–Trinajstić information content (AvgIpc) is 2.79. The number of halogens is 1. The molecule has 2 spiro atoms. The van der Waals surface area contributed by atoms with Gasteiger partial charge in [-0.25, -0.2) is 0 Å². The molecular formula is C15H18ClN3O2. The van der Waals surface area contributed by atoms with Crippen LogP contribution in [0.3, 0.4) is 0 Å². The first-order valence-corrected chi connectivity index (χ1v) is 7.73. The van der Waals surface area contributed by atoms with Gasteiger partial charge in [-0.3, -0.25) is 4.79 Å². The van der Waals surface area contributed by atoms with Crippen LogP contribution < -0.4 is 16.0 Å². The van der Waals surface area contributed by atoms with Crippen LogP contribution in [0.1, 0.15) is 29.6 Å². The third-order valence-electron chi connectivity index (χ3n) is 4.72. The Balaban J connectivity index is 1.63. The Labute approximate surface area is 128 Å². The maximum atomic E-state index is 12.4. The summed E-state index contributed by atoms with van der Waals surface area (Å²) in [6.07, 6.45) is 2.77. The minimum Gasteiger partial charge on any atom is -0.370 e. The largest absolute Gasteiger partial charge is 0.370 e. The minimum absolute atomic E-state index is 0.0826. The summed E-state index contributed by atoms with van der Waals surface area (Å²) in [6, 6.07) is 5.36. The van der Waals surface area contributed by atoms with Crippen molar-refractivity contribution < 1.29 is 9.53 Å². The summed E-state index contributed by atoms with van der Waals surface area (Å²) in [5.74, 6) is -0.0826. The highest BCUT2D eigenvalue weighted by Crippen LogP contribution is 2.42. The number of hydrogen-bond acceptors (Lipinski definition) is 4. The van der Waals surface area contributed by atoms with Crippen LogP contribution in [0.25, 0.3) is 0 Å². The molecule has 6 heteroatoms. The summed E-state index contributed by atoms with van der Waals surface area (Å²) in [4.78, 5) is 12.4. The zero-order chi connectivity index (χ0) is 14.5. The van der Waals surface area contributed by atoms with Gasteiger partial charge in [-0.2, -0.15) is 0 Å². The molecule has 3 heterocycles. The summed E-state index contributed by atoms with van der Waals surface area (Å²) in [7, 11) is 0. The highest BCUT2D eigenvalue weighted by atomic mass is 35.5. The molecule has 0 unspecified atom stereocenters. The molecule has 21 heavy (non-hydrogen) atoms. The highest BCUT2D eigenvalue weighted by Gasteiger charge is 2.52. The lowest BCUT2D eigenvalue weighted by Gasteiger charge is -2.38. The number of carbonyl (C=O) groups is 1. The van der Waals surface area contributed by atoms with Gasteiger partial charge < -0.3 is 20.7 Å². The number of anilines is 1. The Morgan fingerprint density at radius 3 is 2.81 bits per heavy atom. The number of piperidine rings is 1. The van der Waals surface area contributed by atoms with E-state index < -0.39 is 5.66 Å². The zero-order valence-corrected chi connectivity index (χ0v) is 12.4. The van der Waals surface area contributed by atoms with Gasteiger partial charge in [0.2, 0.25) is 0 Å². The Kier molecular flexibility index (Phi) is 2.93. The van der Waals surface area contributed by atoms with Crippen molar-refractivity contribution in [3.05, 3.63) is 28.8 Å². The Bertz CT molecular complexity index is 601. The van der Waals surface area contributed by atoms with Crippen LogP contribution in [0.4, 0.5) is 5.69 Å². The Hall–Kier alpha value is -1.30. The maximum Gasteiger partial charge on any atom is 0.255 e. The standard InChI is InChI=1S/C15H18ClN3O2/c16-10-1-2-12-11(7-10)13(20)19-15(18-12)8-14(21-9-15)3-5-17-6-4-14/h1-2,7,17-18H,3-6,8-9H2,(H,19,20)/t15-/m0/s1. The van der Waals surface area contributed by atoms with Crippen LogP contribution in [-0.2, 0) is 4.74 Å². The Morgan fingerprint density at radius 2 is 2.00 bits per heavy atom. The van der Waals surface area contributed by atoms with Gasteiger partial charge in [-0.1, -0.05) is 11.6 Å². The number of carbonyl (C=O) groups excluding carboxylic acids is 1. The van der Waals surface area contributed by atoms with E-state index in [1.54, 1.807) is 12.1 Å². The molecule has 0 radical (unpaired) electrons. The van der Waals surface area contributed by atoms with Crippen LogP contribution in [0, 0.1) is 0 Å². The van der Waals surface area contributed by atoms with Crippen LogP contribution >= 0.6 is 11.6 Å².